The van der Waals surface area contributed by atoms with Gasteiger partial charge in [0.15, 0.2) is 0 Å². The number of carbonyl (C=O) groups is 2. The second kappa shape index (κ2) is 11.1. The van der Waals surface area contributed by atoms with Gasteiger partial charge in [-0.25, -0.2) is 13.1 Å². The Morgan fingerprint density at radius 1 is 0.912 bits per heavy atom. The molecule has 0 aliphatic carbocycles. The van der Waals surface area contributed by atoms with Gasteiger partial charge in [-0.05, 0) is 60.1 Å². The zero-order chi connectivity index (χ0) is 24.8. The SMILES string of the molecule is CC(C)(C)c1ccc(S(=O)(=O)NCc2ccc(C(=O)NCCC(=O)N3CCCCC3)cc2)cc1. The molecule has 0 saturated carbocycles. The molecular weight excluding hydrogens is 450 g/mol. The third-order valence-electron chi connectivity index (χ3n) is 6.05. The standard InChI is InChI=1S/C26H35N3O4S/c1-26(2,3)22-11-13-23(14-12-22)34(32,33)28-19-20-7-9-21(10-8-20)25(31)27-16-15-24(30)29-17-5-4-6-18-29/h7-14,28H,4-6,15-19H2,1-3H3,(H,27,31). The van der Waals surface area contributed by atoms with Gasteiger partial charge >= 0.3 is 0 Å². The Hall–Kier alpha value is -2.71. The van der Waals surface area contributed by atoms with Gasteiger partial charge in [0, 0.05) is 38.2 Å². The van der Waals surface area contributed by atoms with E-state index >= 15 is 0 Å². The quantitative estimate of drug-likeness (QED) is 0.597. The van der Waals surface area contributed by atoms with Gasteiger partial charge in [0.25, 0.3) is 5.91 Å². The molecule has 1 fully saturated rings. The Labute approximate surface area is 203 Å². The first-order valence-corrected chi connectivity index (χ1v) is 13.3. The van der Waals surface area contributed by atoms with Crippen LogP contribution < -0.4 is 10.0 Å². The maximum atomic E-state index is 12.6. The van der Waals surface area contributed by atoms with Gasteiger partial charge in [-0.1, -0.05) is 45.0 Å². The van der Waals surface area contributed by atoms with Crippen LogP contribution >= 0.6 is 0 Å². The predicted molar refractivity (Wildman–Crippen MR) is 133 cm³/mol. The highest BCUT2D eigenvalue weighted by Gasteiger charge is 2.18. The van der Waals surface area contributed by atoms with Crippen molar-refractivity contribution in [3.05, 3.63) is 65.2 Å². The molecule has 0 spiro atoms. The van der Waals surface area contributed by atoms with Crippen molar-refractivity contribution >= 4 is 21.8 Å². The fourth-order valence-corrected chi connectivity index (χ4v) is 4.87. The van der Waals surface area contributed by atoms with Crippen LogP contribution in [0.15, 0.2) is 53.4 Å². The summed E-state index contributed by atoms with van der Waals surface area (Å²) in [6, 6.07) is 13.7. The molecule has 2 aromatic carbocycles. The number of carbonyl (C=O) groups excluding carboxylic acids is 2. The van der Waals surface area contributed by atoms with Crippen LogP contribution in [-0.4, -0.2) is 44.8 Å². The molecule has 1 aliphatic heterocycles. The van der Waals surface area contributed by atoms with E-state index in [2.05, 4.69) is 30.8 Å². The van der Waals surface area contributed by atoms with Gasteiger partial charge in [0.1, 0.15) is 0 Å². The summed E-state index contributed by atoms with van der Waals surface area (Å²) in [7, 11) is -3.64. The summed E-state index contributed by atoms with van der Waals surface area (Å²) in [5.74, 6) is -0.173. The van der Waals surface area contributed by atoms with Gasteiger partial charge in [-0.3, -0.25) is 9.59 Å². The zero-order valence-corrected chi connectivity index (χ0v) is 21.1. The molecule has 2 N–H and O–H groups in total. The molecule has 0 atom stereocenters. The lowest BCUT2D eigenvalue weighted by Gasteiger charge is -2.26. The normalized spacial score (nSPS) is 14.6. The molecule has 1 aliphatic rings. The molecule has 7 nitrogen and oxygen atoms in total. The van der Waals surface area contributed by atoms with E-state index in [1.165, 1.54) is 6.42 Å². The van der Waals surface area contributed by atoms with E-state index in [1.54, 1.807) is 36.4 Å². The van der Waals surface area contributed by atoms with Crippen molar-refractivity contribution in [1.82, 2.24) is 14.9 Å². The molecule has 2 amide bonds. The molecule has 0 unspecified atom stereocenters. The summed E-state index contributed by atoms with van der Waals surface area (Å²) in [5, 5.41) is 2.78. The number of rotatable bonds is 8. The van der Waals surface area contributed by atoms with Crippen LogP contribution in [0.2, 0.25) is 0 Å². The van der Waals surface area contributed by atoms with E-state index in [9.17, 15) is 18.0 Å². The molecule has 2 aromatic rings. The second-order valence-electron chi connectivity index (χ2n) is 9.74. The van der Waals surface area contributed by atoms with Crippen LogP contribution in [0, 0.1) is 0 Å². The number of piperidine rings is 1. The Morgan fingerprint density at radius 2 is 1.53 bits per heavy atom. The number of hydrogen-bond acceptors (Lipinski definition) is 4. The lowest BCUT2D eigenvalue weighted by molar-refractivity contribution is -0.131. The average molecular weight is 486 g/mol. The van der Waals surface area contributed by atoms with Crippen LogP contribution in [0.1, 0.15) is 67.9 Å². The van der Waals surface area contributed by atoms with Crippen LogP contribution in [0.5, 0.6) is 0 Å². The number of hydrogen-bond donors (Lipinski definition) is 2. The van der Waals surface area contributed by atoms with Crippen molar-refractivity contribution in [2.75, 3.05) is 19.6 Å². The molecule has 3 rings (SSSR count). The first-order valence-electron chi connectivity index (χ1n) is 11.8. The van der Waals surface area contributed by atoms with Crippen LogP contribution in [-0.2, 0) is 26.8 Å². The van der Waals surface area contributed by atoms with Crippen molar-refractivity contribution in [3.63, 3.8) is 0 Å². The molecular formula is C26H35N3O4S. The van der Waals surface area contributed by atoms with Crippen molar-refractivity contribution in [2.24, 2.45) is 0 Å². The Morgan fingerprint density at radius 3 is 2.12 bits per heavy atom. The van der Waals surface area contributed by atoms with Crippen LogP contribution in [0.3, 0.4) is 0 Å². The van der Waals surface area contributed by atoms with Crippen LogP contribution in [0.25, 0.3) is 0 Å². The highest BCUT2D eigenvalue weighted by atomic mass is 32.2. The molecule has 1 saturated heterocycles. The van der Waals surface area contributed by atoms with E-state index < -0.39 is 10.0 Å². The third-order valence-corrected chi connectivity index (χ3v) is 7.46. The number of benzene rings is 2. The zero-order valence-electron chi connectivity index (χ0n) is 20.3. The molecule has 1 heterocycles. The van der Waals surface area contributed by atoms with E-state index in [1.807, 2.05) is 17.0 Å². The van der Waals surface area contributed by atoms with Crippen LogP contribution in [0.4, 0.5) is 0 Å². The maximum Gasteiger partial charge on any atom is 0.251 e. The minimum absolute atomic E-state index is 0.0490. The molecule has 184 valence electrons. The monoisotopic (exact) mass is 485 g/mol. The largest absolute Gasteiger partial charge is 0.352 e. The topological polar surface area (TPSA) is 95.6 Å². The van der Waals surface area contributed by atoms with E-state index in [0.29, 0.717) is 18.5 Å². The number of nitrogens with zero attached hydrogens (tertiary/aromatic N) is 1. The first kappa shape index (κ1) is 25.9. The van der Waals surface area contributed by atoms with Crippen molar-refractivity contribution in [1.29, 1.82) is 0 Å². The number of amides is 2. The van der Waals surface area contributed by atoms with E-state index in [-0.39, 0.29) is 28.7 Å². The fourth-order valence-electron chi connectivity index (χ4n) is 3.86. The number of nitrogens with one attached hydrogen (secondary N) is 2. The maximum absolute atomic E-state index is 12.6. The minimum Gasteiger partial charge on any atom is -0.352 e. The molecule has 0 bridgehead atoms. The molecule has 0 radical (unpaired) electrons. The summed E-state index contributed by atoms with van der Waals surface area (Å²) in [5.41, 5.74) is 2.23. The predicted octanol–water partition coefficient (Wildman–Crippen LogP) is 3.60. The third kappa shape index (κ3) is 7.14. The summed E-state index contributed by atoms with van der Waals surface area (Å²) in [6.07, 6.45) is 3.55. The fraction of sp³-hybridized carbons (Fsp3) is 0.462. The Balaban J connectivity index is 1.48. The van der Waals surface area contributed by atoms with Crippen molar-refractivity contribution in [2.45, 2.75) is 63.3 Å². The smallest absolute Gasteiger partial charge is 0.251 e. The molecule has 0 aromatic heterocycles. The van der Waals surface area contributed by atoms with Crippen molar-refractivity contribution < 1.29 is 18.0 Å². The highest BCUT2D eigenvalue weighted by molar-refractivity contribution is 7.89. The Bertz CT molecular complexity index is 1080. The lowest BCUT2D eigenvalue weighted by Crippen LogP contribution is -2.37. The highest BCUT2D eigenvalue weighted by Crippen LogP contribution is 2.23. The van der Waals surface area contributed by atoms with E-state index in [4.69, 9.17) is 0 Å². The minimum atomic E-state index is -3.64. The molecule has 8 heteroatoms. The summed E-state index contributed by atoms with van der Waals surface area (Å²) >= 11 is 0. The van der Waals surface area contributed by atoms with Gasteiger partial charge in [0.2, 0.25) is 15.9 Å². The molecule has 34 heavy (non-hydrogen) atoms. The van der Waals surface area contributed by atoms with Gasteiger partial charge in [0.05, 0.1) is 4.90 Å². The van der Waals surface area contributed by atoms with Crippen molar-refractivity contribution in [3.8, 4) is 0 Å². The average Bonchev–Trinajstić information content (AvgIpc) is 2.83. The second-order valence-corrected chi connectivity index (χ2v) is 11.5. The summed E-state index contributed by atoms with van der Waals surface area (Å²) < 4.78 is 27.9. The first-order chi connectivity index (χ1) is 16.1. The Kier molecular flexibility index (Phi) is 8.49. The van der Waals surface area contributed by atoms with E-state index in [0.717, 1.165) is 37.1 Å². The van der Waals surface area contributed by atoms with Gasteiger partial charge < -0.3 is 10.2 Å². The summed E-state index contributed by atoms with van der Waals surface area (Å²) in [6.45, 7) is 8.26. The van der Waals surface area contributed by atoms with Gasteiger partial charge in [-0.2, -0.15) is 0 Å². The van der Waals surface area contributed by atoms with Gasteiger partial charge in [-0.15, -0.1) is 0 Å². The summed E-state index contributed by atoms with van der Waals surface area (Å²) in [4.78, 5) is 26.6. The number of likely N-dealkylation sites (tertiary alicyclic amines) is 1. The lowest BCUT2D eigenvalue weighted by atomic mass is 9.87. The number of sulfonamides is 1.